The van der Waals surface area contributed by atoms with Crippen LogP contribution in [-0.4, -0.2) is 37.2 Å². The topological polar surface area (TPSA) is 89.9 Å². The minimum Gasteiger partial charge on any atom is -0.478 e. The molecule has 0 spiro atoms. The zero-order valence-corrected chi connectivity index (χ0v) is 30.1. The highest BCUT2D eigenvalue weighted by Crippen LogP contribution is 2.22. The lowest BCUT2D eigenvalue weighted by atomic mass is 9.97. The van der Waals surface area contributed by atoms with Gasteiger partial charge in [-0.05, 0) is 96.1 Å². The molecule has 238 valence electrons. The molecular weight excluding hydrogens is 703 g/mol. The van der Waals surface area contributed by atoms with Crippen LogP contribution in [0, 0.1) is 34.5 Å². The number of methoxy groups -OCH3 is 2. The van der Waals surface area contributed by atoms with Gasteiger partial charge in [0.15, 0.2) is 0 Å². The molecule has 3 rings (SSSR count). The molecule has 0 unspecified atom stereocenters. The van der Waals surface area contributed by atoms with Crippen LogP contribution < -0.4 is 0 Å². The Hall–Kier alpha value is -3.46. The molecule has 6 nitrogen and oxygen atoms in total. The van der Waals surface area contributed by atoms with Crippen molar-refractivity contribution in [3.8, 4) is 23.7 Å². The van der Waals surface area contributed by atoms with Gasteiger partial charge in [0.1, 0.15) is 0 Å². The van der Waals surface area contributed by atoms with E-state index in [0.717, 1.165) is 15.6 Å². The largest absolute Gasteiger partial charge is 0.478 e. The highest BCUT2D eigenvalue weighted by Gasteiger charge is 2.12. The van der Waals surface area contributed by atoms with Crippen LogP contribution >= 0.6 is 50.7 Å². The van der Waals surface area contributed by atoms with Crippen LogP contribution in [0.5, 0.6) is 0 Å². The molecule has 3 aromatic rings. The van der Waals surface area contributed by atoms with Crippen molar-refractivity contribution >= 4 is 68.6 Å². The van der Waals surface area contributed by atoms with Gasteiger partial charge in [0.2, 0.25) is 0 Å². The van der Waals surface area contributed by atoms with Crippen LogP contribution in [0.3, 0.4) is 0 Å². The summed E-state index contributed by atoms with van der Waals surface area (Å²) in [6, 6.07) is 14.8. The Balaban J connectivity index is 0.000000343. The van der Waals surface area contributed by atoms with Gasteiger partial charge in [-0.2, -0.15) is 0 Å². The Morgan fingerprint density at radius 1 is 0.644 bits per heavy atom. The van der Waals surface area contributed by atoms with Gasteiger partial charge in [0.05, 0.1) is 46.0 Å². The number of carbonyl (C=O) groups is 3. The van der Waals surface area contributed by atoms with E-state index in [1.54, 1.807) is 48.5 Å². The predicted molar refractivity (Wildman–Crippen MR) is 184 cm³/mol. The van der Waals surface area contributed by atoms with Crippen molar-refractivity contribution in [3.63, 3.8) is 0 Å². The van der Waals surface area contributed by atoms with E-state index in [1.165, 1.54) is 20.3 Å². The molecule has 0 aromatic heterocycles. The van der Waals surface area contributed by atoms with Crippen molar-refractivity contribution in [1.82, 2.24) is 0 Å². The Morgan fingerprint density at radius 2 is 1.00 bits per heavy atom. The van der Waals surface area contributed by atoms with Crippen molar-refractivity contribution < 1.29 is 29.0 Å². The number of aromatic carboxylic acids is 1. The maximum atomic E-state index is 11.3. The summed E-state index contributed by atoms with van der Waals surface area (Å²) in [4.78, 5) is 33.1. The number of carboxylic acid groups (broad SMARTS) is 1. The lowest BCUT2D eigenvalue weighted by Crippen LogP contribution is -2.02. The smallest absolute Gasteiger partial charge is 0.339 e. The second-order valence-electron chi connectivity index (χ2n) is 11.3. The summed E-state index contributed by atoms with van der Waals surface area (Å²) < 4.78 is 9.96. The van der Waals surface area contributed by atoms with E-state index in [2.05, 4.69) is 49.1 Å². The van der Waals surface area contributed by atoms with Gasteiger partial charge in [0, 0.05) is 26.4 Å². The average Bonchev–Trinajstić information content (AvgIpc) is 2.94. The summed E-state index contributed by atoms with van der Waals surface area (Å²) >= 11 is 20.8. The fourth-order valence-electron chi connectivity index (χ4n) is 2.92. The number of benzene rings is 3. The molecule has 0 aliphatic carbocycles. The number of hydrogen-bond donors (Lipinski definition) is 1. The fraction of sp³-hybridized carbons (Fsp3) is 0.286. The molecule has 0 saturated carbocycles. The summed E-state index contributed by atoms with van der Waals surface area (Å²) in [5, 5.41) is 9.76. The summed E-state index contributed by atoms with van der Waals surface area (Å²) in [6.07, 6.45) is 0. The number of carbonyl (C=O) groups excluding carboxylic acids is 2. The van der Waals surface area contributed by atoms with Crippen molar-refractivity contribution in [2.24, 2.45) is 10.8 Å². The molecule has 0 heterocycles. The third kappa shape index (κ3) is 14.9. The molecule has 10 heteroatoms. The molecule has 0 amide bonds. The molecule has 1 N–H and O–H groups in total. The quantitative estimate of drug-likeness (QED) is 0.213. The van der Waals surface area contributed by atoms with Gasteiger partial charge in [0.25, 0.3) is 0 Å². The van der Waals surface area contributed by atoms with Crippen LogP contribution in [-0.2, 0) is 9.47 Å². The number of ether oxygens (including phenoxy) is 2. The normalized spacial score (nSPS) is 10.2. The van der Waals surface area contributed by atoms with Gasteiger partial charge in [-0.1, -0.05) is 74.4 Å². The second kappa shape index (κ2) is 17.9. The highest BCUT2D eigenvalue weighted by atomic mass is 79.9. The lowest BCUT2D eigenvalue weighted by Gasteiger charge is -2.07. The second-order valence-corrected chi connectivity index (χ2v) is 13.4. The van der Waals surface area contributed by atoms with Crippen LogP contribution in [0.2, 0.25) is 15.1 Å². The number of rotatable bonds is 3. The Kier molecular flexibility index (Phi) is 15.7. The maximum absolute atomic E-state index is 11.3. The first-order chi connectivity index (χ1) is 20.8. The lowest BCUT2D eigenvalue weighted by molar-refractivity contribution is 0.0592. The van der Waals surface area contributed by atoms with E-state index < -0.39 is 17.9 Å². The first-order valence-electron chi connectivity index (χ1n) is 13.3. The molecule has 0 saturated heterocycles. The fourth-order valence-corrected chi connectivity index (χ4v) is 4.19. The number of halogens is 4. The molecular formula is C35H34BrCl3O6. The zero-order chi connectivity index (χ0) is 34.5. The van der Waals surface area contributed by atoms with Crippen molar-refractivity contribution in [2.45, 2.75) is 41.5 Å². The predicted octanol–water partition coefficient (Wildman–Crippen LogP) is 9.85. The summed E-state index contributed by atoms with van der Waals surface area (Å²) in [5.41, 5.74) is 2.20. The van der Waals surface area contributed by atoms with E-state index in [4.69, 9.17) is 39.9 Å². The first-order valence-corrected chi connectivity index (χ1v) is 15.2. The van der Waals surface area contributed by atoms with E-state index >= 15 is 0 Å². The van der Waals surface area contributed by atoms with Crippen LogP contribution in [0.1, 0.15) is 83.7 Å². The Bertz CT molecular complexity index is 1660. The molecule has 45 heavy (non-hydrogen) atoms. The van der Waals surface area contributed by atoms with Gasteiger partial charge >= 0.3 is 17.9 Å². The molecule has 0 bridgehead atoms. The van der Waals surface area contributed by atoms with Crippen LogP contribution in [0.4, 0.5) is 0 Å². The summed E-state index contributed by atoms with van der Waals surface area (Å²) in [7, 11) is 2.65. The van der Waals surface area contributed by atoms with Gasteiger partial charge in [-0.25, -0.2) is 14.4 Å². The standard InChI is InChI=1S/C14H15ClO2.C13H13ClO2.C8H6BrClO2/c1-14(2,3)8-7-10-5-6-11(12(15)9-10)13(16)17-4;1-13(2,3)7-6-9-4-5-10(12(15)16)11(14)8-9;1-12-8(11)6-3-2-5(9)4-7(6)10/h5-6,9H,1-4H3;4-5,8H,1-3H3,(H,15,16);2-4H,1H3. The summed E-state index contributed by atoms with van der Waals surface area (Å²) in [5.74, 6) is 10.3. The molecule has 0 aliphatic rings. The molecule has 0 radical (unpaired) electrons. The van der Waals surface area contributed by atoms with E-state index in [1.807, 2.05) is 41.5 Å². The highest BCUT2D eigenvalue weighted by molar-refractivity contribution is 9.10. The monoisotopic (exact) mass is 734 g/mol. The average molecular weight is 737 g/mol. The minimum atomic E-state index is -1.03. The van der Waals surface area contributed by atoms with Crippen molar-refractivity contribution in [1.29, 1.82) is 0 Å². The zero-order valence-electron chi connectivity index (χ0n) is 26.2. The number of hydrogen-bond acceptors (Lipinski definition) is 5. The van der Waals surface area contributed by atoms with Gasteiger partial charge in [-0.3, -0.25) is 0 Å². The van der Waals surface area contributed by atoms with Crippen molar-refractivity contribution in [3.05, 3.63) is 102 Å². The van der Waals surface area contributed by atoms with E-state index in [-0.39, 0.29) is 21.4 Å². The van der Waals surface area contributed by atoms with Gasteiger partial charge < -0.3 is 14.6 Å². The van der Waals surface area contributed by atoms with E-state index in [0.29, 0.717) is 21.2 Å². The molecule has 0 fully saturated rings. The third-order valence-corrected chi connectivity index (χ3v) is 6.51. The van der Waals surface area contributed by atoms with Crippen LogP contribution in [0.25, 0.3) is 0 Å². The maximum Gasteiger partial charge on any atom is 0.339 e. The van der Waals surface area contributed by atoms with Crippen molar-refractivity contribution in [2.75, 3.05) is 14.2 Å². The molecule has 3 aromatic carbocycles. The SMILES string of the molecule is CC(C)(C)C#Cc1ccc(C(=O)O)c(Cl)c1.COC(=O)c1ccc(Br)cc1Cl.COC(=O)c1ccc(C#CC(C)(C)C)cc1Cl. The molecule has 0 aliphatic heterocycles. The first kappa shape index (κ1) is 39.6. The number of esters is 2. The number of carboxylic acids is 1. The summed E-state index contributed by atoms with van der Waals surface area (Å²) in [6.45, 7) is 12.1. The molecule has 0 atom stereocenters. The van der Waals surface area contributed by atoms with Crippen LogP contribution in [0.15, 0.2) is 59.1 Å². The van der Waals surface area contributed by atoms with Gasteiger partial charge in [-0.15, -0.1) is 0 Å². The Labute approximate surface area is 288 Å². The minimum absolute atomic E-state index is 0.0620. The third-order valence-electron chi connectivity index (χ3n) is 5.07. The van der Waals surface area contributed by atoms with E-state index in [9.17, 15) is 14.4 Å². The Morgan fingerprint density at radius 3 is 1.31 bits per heavy atom.